The van der Waals surface area contributed by atoms with E-state index in [2.05, 4.69) is 41.7 Å². The lowest BCUT2D eigenvalue weighted by atomic mass is 10.0. The Hall–Kier alpha value is -0.820. The molecule has 0 bridgehead atoms. The maximum absolute atomic E-state index is 2.64. The number of rotatable bonds is 2. The summed E-state index contributed by atoms with van der Waals surface area (Å²) < 4.78 is 0. The summed E-state index contributed by atoms with van der Waals surface area (Å²) in [6.07, 6.45) is 6.38. The van der Waals surface area contributed by atoms with Crippen LogP contribution in [0.3, 0.4) is 0 Å². The first kappa shape index (κ1) is 8.49. The Morgan fingerprint density at radius 1 is 1.07 bits per heavy atom. The largest absolute Gasteiger partial charge is 0.293 e. The molecule has 2 fully saturated rings. The van der Waals surface area contributed by atoms with Crippen LogP contribution in [-0.4, -0.2) is 18.0 Å². The van der Waals surface area contributed by atoms with Gasteiger partial charge < -0.3 is 0 Å². The van der Waals surface area contributed by atoms with E-state index < -0.39 is 0 Å². The van der Waals surface area contributed by atoms with Crippen LogP contribution in [0.5, 0.6) is 0 Å². The second kappa shape index (κ2) is 3.09. The van der Waals surface area contributed by atoms with Gasteiger partial charge in [0.15, 0.2) is 0 Å². The fourth-order valence-electron chi connectivity index (χ4n) is 2.63. The molecule has 3 rings (SSSR count). The molecule has 1 heterocycles. The zero-order chi connectivity index (χ0) is 9.43. The van der Waals surface area contributed by atoms with Crippen molar-refractivity contribution in [1.29, 1.82) is 0 Å². The molecular weight excluding hydrogens is 170 g/mol. The molecule has 0 atom stereocenters. The van der Waals surface area contributed by atoms with E-state index in [0.717, 1.165) is 0 Å². The Bertz CT molecular complexity index is 307. The minimum Gasteiger partial charge on any atom is -0.293 e. The molecule has 1 aromatic rings. The van der Waals surface area contributed by atoms with Crippen LogP contribution in [-0.2, 0) is 5.54 Å². The van der Waals surface area contributed by atoms with Gasteiger partial charge in [0.1, 0.15) is 0 Å². The first-order valence-corrected chi connectivity index (χ1v) is 5.54. The van der Waals surface area contributed by atoms with Gasteiger partial charge in [0.25, 0.3) is 0 Å². The lowest BCUT2D eigenvalue weighted by Gasteiger charge is -2.27. The predicted octanol–water partition coefficient (Wildman–Crippen LogP) is 2.59. The predicted molar refractivity (Wildman–Crippen MR) is 57.8 cm³/mol. The summed E-state index contributed by atoms with van der Waals surface area (Å²) in [4.78, 5) is 2.64. The Morgan fingerprint density at radius 3 is 2.43 bits per heavy atom. The maximum Gasteiger partial charge on any atom is 0.0462 e. The van der Waals surface area contributed by atoms with Crippen LogP contribution < -0.4 is 0 Å². The number of hydrogen-bond acceptors (Lipinski definition) is 1. The van der Waals surface area contributed by atoms with Crippen LogP contribution in [0, 0.1) is 6.42 Å². The van der Waals surface area contributed by atoms with E-state index in [9.17, 15) is 0 Å². The molecule has 0 amide bonds. The molecule has 0 N–H and O–H groups in total. The van der Waals surface area contributed by atoms with Crippen molar-refractivity contribution < 1.29 is 0 Å². The standard InChI is InChI=1S/C13H16N/c1-2-6-12(7-3-1)13(8-9-13)14-10-4-5-11-14/h1-4,6-7H,5,8-11H2. The minimum atomic E-state index is 0.425. The summed E-state index contributed by atoms with van der Waals surface area (Å²) in [6.45, 7) is 2.45. The van der Waals surface area contributed by atoms with E-state index in [0.29, 0.717) is 5.54 Å². The van der Waals surface area contributed by atoms with E-state index in [1.807, 2.05) is 0 Å². The lowest BCUT2D eigenvalue weighted by Crippen LogP contribution is -2.32. The summed E-state index contributed by atoms with van der Waals surface area (Å²) in [5.74, 6) is 0. The van der Waals surface area contributed by atoms with Gasteiger partial charge in [0.05, 0.1) is 0 Å². The molecule has 1 aromatic carbocycles. The Balaban J connectivity index is 1.89. The van der Waals surface area contributed by atoms with E-state index in [1.54, 1.807) is 0 Å². The highest BCUT2D eigenvalue weighted by atomic mass is 15.2. The van der Waals surface area contributed by atoms with Crippen molar-refractivity contribution in [2.75, 3.05) is 13.1 Å². The van der Waals surface area contributed by atoms with E-state index in [-0.39, 0.29) is 0 Å². The second-order valence-electron chi connectivity index (χ2n) is 4.42. The molecule has 1 nitrogen and oxygen atoms in total. The third-order valence-corrected chi connectivity index (χ3v) is 3.59. The molecule has 0 spiro atoms. The van der Waals surface area contributed by atoms with Crippen LogP contribution in [0.2, 0.25) is 0 Å². The average molecular weight is 186 g/mol. The van der Waals surface area contributed by atoms with Gasteiger partial charge in [-0.05, 0) is 37.8 Å². The fraction of sp³-hybridized carbons (Fsp3) is 0.462. The van der Waals surface area contributed by atoms with Gasteiger partial charge in [0, 0.05) is 12.1 Å². The molecule has 1 saturated heterocycles. The van der Waals surface area contributed by atoms with Crippen molar-refractivity contribution in [1.82, 2.24) is 4.90 Å². The number of hydrogen-bond donors (Lipinski definition) is 0. The number of nitrogens with zero attached hydrogens (tertiary/aromatic N) is 1. The Morgan fingerprint density at radius 2 is 1.86 bits per heavy atom. The zero-order valence-corrected chi connectivity index (χ0v) is 8.45. The van der Waals surface area contributed by atoms with Crippen LogP contribution in [0.1, 0.15) is 24.8 Å². The van der Waals surface area contributed by atoms with Crippen LogP contribution >= 0.6 is 0 Å². The third-order valence-electron chi connectivity index (χ3n) is 3.59. The molecule has 1 aliphatic heterocycles. The third kappa shape index (κ3) is 1.19. The molecule has 1 aliphatic carbocycles. The molecule has 2 aliphatic rings. The van der Waals surface area contributed by atoms with Gasteiger partial charge in [-0.25, -0.2) is 0 Å². The second-order valence-corrected chi connectivity index (χ2v) is 4.42. The summed E-state index contributed by atoms with van der Waals surface area (Å²) in [5.41, 5.74) is 1.95. The van der Waals surface area contributed by atoms with Crippen molar-refractivity contribution in [2.45, 2.75) is 24.8 Å². The summed E-state index contributed by atoms with van der Waals surface area (Å²) in [5, 5.41) is 0. The first-order chi connectivity index (χ1) is 6.92. The van der Waals surface area contributed by atoms with Crippen molar-refractivity contribution in [2.24, 2.45) is 0 Å². The van der Waals surface area contributed by atoms with Crippen molar-refractivity contribution in [3.8, 4) is 0 Å². The highest BCUT2D eigenvalue weighted by Gasteiger charge is 2.49. The average Bonchev–Trinajstić information content (AvgIpc) is 2.88. The molecule has 1 radical (unpaired) electrons. The monoisotopic (exact) mass is 186 g/mol. The lowest BCUT2D eigenvalue weighted by molar-refractivity contribution is 0.227. The van der Waals surface area contributed by atoms with Gasteiger partial charge in [-0.2, -0.15) is 0 Å². The van der Waals surface area contributed by atoms with Crippen molar-refractivity contribution >= 4 is 0 Å². The van der Waals surface area contributed by atoms with Gasteiger partial charge >= 0.3 is 0 Å². The topological polar surface area (TPSA) is 3.24 Å². The van der Waals surface area contributed by atoms with Crippen molar-refractivity contribution in [3.63, 3.8) is 0 Å². The molecule has 0 unspecified atom stereocenters. The van der Waals surface area contributed by atoms with Crippen molar-refractivity contribution in [3.05, 3.63) is 42.3 Å². The van der Waals surface area contributed by atoms with Crippen LogP contribution in [0.4, 0.5) is 0 Å². The summed E-state index contributed by atoms with van der Waals surface area (Å²) in [6, 6.07) is 11.0. The van der Waals surface area contributed by atoms with E-state index >= 15 is 0 Å². The maximum atomic E-state index is 2.64. The number of likely N-dealkylation sites (tertiary alicyclic amines) is 1. The number of benzene rings is 1. The minimum absolute atomic E-state index is 0.425. The van der Waals surface area contributed by atoms with Gasteiger partial charge in [-0.3, -0.25) is 4.90 Å². The smallest absolute Gasteiger partial charge is 0.0462 e. The molecule has 73 valence electrons. The normalized spacial score (nSPS) is 25.1. The van der Waals surface area contributed by atoms with Gasteiger partial charge in [-0.1, -0.05) is 30.3 Å². The summed E-state index contributed by atoms with van der Waals surface area (Å²) in [7, 11) is 0. The first-order valence-electron chi connectivity index (χ1n) is 5.54. The Kier molecular flexibility index (Phi) is 1.88. The quantitative estimate of drug-likeness (QED) is 0.686. The van der Waals surface area contributed by atoms with E-state index in [1.165, 1.54) is 37.9 Å². The fourth-order valence-corrected chi connectivity index (χ4v) is 2.63. The molecule has 0 aromatic heterocycles. The van der Waals surface area contributed by atoms with Gasteiger partial charge in [-0.15, -0.1) is 0 Å². The summed E-state index contributed by atoms with van der Waals surface area (Å²) >= 11 is 0. The molecular formula is C13H16N. The highest BCUT2D eigenvalue weighted by Crippen LogP contribution is 2.51. The van der Waals surface area contributed by atoms with E-state index in [4.69, 9.17) is 0 Å². The van der Waals surface area contributed by atoms with Crippen LogP contribution in [0.25, 0.3) is 0 Å². The SMILES string of the molecule is [CH]1CCN(C2(c3ccccc3)CC2)C1. The highest BCUT2D eigenvalue weighted by molar-refractivity contribution is 5.30. The molecule has 1 saturated carbocycles. The van der Waals surface area contributed by atoms with Gasteiger partial charge in [0.2, 0.25) is 0 Å². The van der Waals surface area contributed by atoms with Crippen LogP contribution in [0.15, 0.2) is 30.3 Å². The zero-order valence-electron chi connectivity index (χ0n) is 8.45. The Labute approximate surface area is 85.7 Å². The molecule has 14 heavy (non-hydrogen) atoms. The molecule has 1 heteroatoms.